The number of ether oxygens (including phenoxy) is 2. The van der Waals surface area contributed by atoms with E-state index in [1.54, 1.807) is 19.2 Å². The molecule has 0 radical (unpaired) electrons. The second kappa shape index (κ2) is 9.04. The number of esters is 1. The molecule has 0 unspecified atom stereocenters. The van der Waals surface area contributed by atoms with Gasteiger partial charge in [-0.25, -0.2) is 9.79 Å². The maximum Gasteiger partial charge on any atom is 0.337 e. The number of benzene rings is 2. The zero-order valence-electron chi connectivity index (χ0n) is 17.1. The molecule has 30 heavy (non-hydrogen) atoms. The molecule has 3 aromatic rings. The first-order valence-electron chi connectivity index (χ1n) is 10.1. The second-order valence-corrected chi connectivity index (χ2v) is 8.27. The summed E-state index contributed by atoms with van der Waals surface area (Å²) >= 11 is 3.74. The van der Waals surface area contributed by atoms with Crippen molar-refractivity contribution in [2.75, 3.05) is 14.2 Å². The summed E-state index contributed by atoms with van der Waals surface area (Å²) in [6.07, 6.45) is 5.82. The van der Waals surface area contributed by atoms with Gasteiger partial charge in [0, 0.05) is 11.3 Å². The zero-order valence-corrected chi connectivity index (χ0v) is 18.7. The topological polar surface area (TPSA) is 61.0 Å². The molecule has 5 nitrogen and oxygen atoms in total. The van der Waals surface area contributed by atoms with Crippen LogP contribution in [0.5, 0.6) is 5.75 Å². The zero-order chi connectivity index (χ0) is 21.1. The maximum absolute atomic E-state index is 11.7. The highest BCUT2D eigenvalue weighted by molar-refractivity contribution is 9.10. The lowest BCUT2D eigenvalue weighted by molar-refractivity contribution is 0.0601. The van der Waals surface area contributed by atoms with E-state index in [1.165, 1.54) is 26.4 Å². The van der Waals surface area contributed by atoms with Crippen LogP contribution in [0.3, 0.4) is 0 Å². The lowest BCUT2D eigenvalue weighted by Gasteiger charge is -2.22. The normalized spacial score (nSPS) is 15.4. The molecule has 0 N–H and O–H groups in total. The minimum Gasteiger partial charge on any atom is -0.497 e. The van der Waals surface area contributed by atoms with Gasteiger partial charge >= 0.3 is 5.97 Å². The third-order valence-electron chi connectivity index (χ3n) is 5.60. The Labute approximate surface area is 184 Å². The van der Waals surface area contributed by atoms with Crippen LogP contribution in [0.1, 0.15) is 48.2 Å². The van der Waals surface area contributed by atoms with Crippen molar-refractivity contribution in [1.29, 1.82) is 0 Å². The molecular formula is C24H24BrNO4. The molecular weight excluding hydrogens is 446 g/mol. The summed E-state index contributed by atoms with van der Waals surface area (Å²) in [5, 5.41) is 0.967. The van der Waals surface area contributed by atoms with E-state index >= 15 is 0 Å². The van der Waals surface area contributed by atoms with Gasteiger partial charge in [0.05, 0.1) is 35.7 Å². The molecule has 1 aliphatic carbocycles. The van der Waals surface area contributed by atoms with Crippen LogP contribution in [-0.4, -0.2) is 25.9 Å². The van der Waals surface area contributed by atoms with E-state index in [2.05, 4.69) is 15.9 Å². The molecule has 0 spiro atoms. The van der Waals surface area contributed by atoms with Crippen LogP contribution in [0.4, 0.5) is 5.69 Å². The molecule has 156 valence electrons. The lowest BCUT2D eigenvalue weighted by Crippen LogP contribution is -2.18. The Hall–Kier alpha value is -2.60. The monoisotopic (exact) mass is 469 g/mol. The van der Waals surface area contributed by atoms with Gasteiger partial charge in [-0.05, 0) is 71.2 Å². The molecule has 6 heteroatoms. The highest BCUT2D eigenvalue weighted by atomic mass is 79.9. The fourth-order valence-corrected chi connectivity index (χ4v) is 4.56. The second-order valence-electron chi connectivity index (χ2n) is 7.48. The SMILES string of the molecule is COC(=O)c1ccc(N=C(c2oc3ccc(OC)cc3c2Br)C2CCCCC2)cc1. The number of hydrogen-bond donors (Lipinski definition) is 0. The first kappa shape index (κ1) is 20.7. The van der Waals surface area contributed by atoms with Crippen molar-refractivity contribution in [1.82, 2.24) is 0 Å². The Balaban J connectivity index is 1.79. The van der Waals surface area contributed by atoms with Crippen molar-refractivity contribution in [3.8, 4) is 5.75 Å². The molecule has 1 heterocycles. The van der Waals surface area contributed by atoms with Gasteiger partial charge in [0.1, 0.15) is 11.3 Å². The Morgan fingerprint density at radius 2 is 1.80 bits per heavy atom. The van der Waals surface area contributed by atoms with E-state index in [9.17, 15) is 4.79 Å². The van der Waals surface area contributed by atoms with Crippen LogP contribution in [0.15, 0.2) is 56.3 Å². The minimum absolute atomic E-state index is 0.331. The van der Waals surface area contributed by atoms with E-state index in [4.69, 9.17) is 18.9 Å². The van der Waals surface area contributed by atoms with E-state index in [0.717, 1.165) is 51.2 Å². The fraction of sp³-hybridized carbons (Fsp3) is 0.333. The molecule has 1 fully saturated rings. The van der Waals surface area contributed by atoms with Crippen LogP contribution in [0, 0.1) is 5.92 Å². The van der Waals surface area contributed by atoms with Crippen molar-refractivity contribution in [3.63, 3.8) is 0 Å². The largest absolute Gasteiger partial charge is 0.497 e. The van der Waals surface area contributed by atoms with Crippen molar-refractivity contribution >= 4 is 44.3 Å². The van der Waals surface area contributed by atoms with Gasteiger partial charge < -0.3 is 13.9 Å². The number of hydrogen-bond acceptors (Lipinski definition) is 5. The number of rotatable bonds is 5. The first-order valence-corrected chi connectivity index (χ1v) is 10.9. The molecule has 0 saturated heterocycles. The van der Waals surface area contributed by atoms with Crippen LogP contribution in [0.25, 0.3) is 11.0 Å². The van der Waals surface area contributed by atoms with Gasteiger partial charge in [0.25, 0.3) is 0 Å². The number of carbonyl (C=O) groups excluding carboxylic acids is 1. The average molecular weight is 470 g/mol. The third-order valence-corrected chi connectivity index (χ3v) is 6.38. The number of aliphatic imine (C=N–C) groups is 1. The highest BCUT2D eigenvalue weighted by Crippen LogP contribution is 2.38. The van der Waals surface area contributed by atoms with Crippen LogP contribution >= 0.6 is 15.9 Å². The Morgan fingerprint density at radius 1 is 1.07 bits per heavy atom. The molecule has 0 aliphatic heterocycles. The van der Waals surface area contributed by atoms with Crippen LogP contribution in [0.2, 0.25) is 0 Å². The van der Waals surface area contributed by atoms with Crippen molar-refractivity contribution in [2.45, 2.75) is 32.1 Å². The van der Waals surface area contributed by atoms with Gasteiger partial charge in [0.15, 0.2) is 5.76 Å². The molecule has 1 saturated carbocycles. The van der Waals surface area contributed by atoms with E-state index in [1.807, 2.05) is 30.3 Å². The number of nitrogens with zero attached hydrogens (tertiary/aromatic N) is 1. The van der Waals surface area contributed by atoms with E-state index < -0.39 is 0 Å². The molecule has 0 atom stereocenters. The summed E-state index contributed by atoms with van der Waals surface area (Å²) in [4.78, 5) is 16.7. The number of halogens is 1. The first-order chi connectivity index (χ1) is 14.6. The summed E-state index contributed by atoms with van der Waals surface area (Å²) in [6, 6.07) is 12.9. The highest BCUT2D eigenvalue weighted by Gasteiger charge is 2.26. The summed E-state index contributed by atoms with van der Waals surface area (Å²) in [6.45, 7) is 0. The summed E-state index contributed by atoms with van der Waals surface area (Å²) in [5.74, 6) is 1.53. The molecule has 4 rings (SSSR count). The molecule has 2 aromatic carbocycles. The minimum atomic E-state index is -0.355. The van der Waals surface area contributed by atoms with E-state index in [-0.39, 0.29) is 5.97 Å². The molecule has 0 amide bonds. The molecule has 1 aliphatic rings. The van der Waals surface area contributed by atoms with Crippen molar-refractivity contribution in [3.05, 3.63) is 58.3 Å². The van der Waals surface area contributed by atoms with Crippen molar-refractivity contribution < 1.29 is 18.7 Å². The quantitative estimate of drug-likeness (QED) is 0.308. The summed E-state index contributed by atoms with van der Waals surface area (Å²) in [5.41, 5.74) is 3.03. The van der Waals surface area contributed by atoms with Crippen molar-refractivity contribution in [2.24, 2.45) is 10.9 Å². The fourth-order valence-electron chi connectivity index (χ4n) is 3.97. The number of furan rings is 1. The number of methoxy groups -OCH3 is 2. The Bertz CT molecular complexity index is 1080. The van der Waals surface area contributed by atoms with Crippen LogP contribution < -0.4 is 4.74 Å². The van der Waals surface area contributed by atoms with E-state index in [0.29, 0.717) is 11.5 Å². The van der Waals surface area contributed by atoms with Gasteiger partial charge in [-0.3, -0.25) is 0 Å². The standard InChI is InChI=1S/C24H24BrNO4/c1-28-18-12-13-20-19(14-18)21(25)23(30-20)22(15-6-4-3-5-7-15)26-17-10-8-16(9-11-17)24(27)29-2/h8-15H,3-7H2,1-2H3. The van der Waals surface area contributed by atoms with Gasteiger partial charge in [-0.2, -0.15) is 0 Å². The van der Waals surface area contributed by atoms with Gasteiger partial charge in [-0.1, -0.05) is 19.3 Å². The molecule has 1 aromatic heterocycles. The summed E-state index contributed by atoms with van der Waals surface area (Å²) < 4.78 is 17.3. The summed E-state index contributed by atoms with van der Waals surface area (Å²) in [7, 11) is 3.03. The number of carbonyl (C=O) groups is 1. The lowest BCUT2D eigenvalue weighted by atomic mass is 9.84. The Morgan fingerprint density at radius 3 is 2.47 bits per heavy atom. The van der Waals surface area contributed by atoms with Crippen LogP contribution in [-0.2, 0) is 4.74 Å². The average Bonchev–Trinajstić information content (AvgIpc) is 3.13. The third kappa shape index (κ3) is 4.15. The van der Waals surface area contributed by atoms with Gasteiger partial charge in [-0.15, -0.1) is 0 Å². The van der Waals surface area contributed by atoms with Gasteiger partial charge in [0.2, 0.25) is 0 Å². The number of fused-ring (bicyclic) bond motifs is 1. The predicted octanol–water partition coefficient (Wildman–Crippen LogP) is 6.69. The Kier molecular flexibility index (Phi) is 6.23. The maximum atomic E-state index is 11.7. The predicted molar refractivity (Wildman–Crippen MR) is 121 cm³/mol. The molecule has 0 bridgehead atoms. The smallest absolute Gasteiger partial charge is 0.337 e.